The molecule has 4 rings (SSSR count). The third kappa shape index (κ3) is 4.76. The molecule has 0 fully saturated rings. The van der Waals surface area contributed by atoms with Crippen LogP contribution in [0, 0.1) is 0 Å². The zero-order valence-electron chi connectivity index (χ0n) is 16.6. The van der Waals surface area contributed by atoms with E-state index >= 15 is 0 Å². The summed E-state index contributed by atoms with van der Waals surface area (Å²) in [6.07, 6.45) is 0. The Hall–Kier alpha value is -3.22. The fourth-order valence-corrected chi connectivity index (χ4v) is 4.23. The summed E-state index contributed by atoms with van der Waals surface area (Å²) in [7, 11) is 1.56. The number of carbonyl (C=O) groups excluding carboxylic acids is 2. The van der Waals surface area contributed by atoms with Crippen LogP contribution in [0.5, 0.6) is 0 Å². The maximum absolute atomic E-state index is 13.1. The van der Waals surface area contributed by atoms with Gasteiger partial charge in [-0.25, -0.2) is 0 Å². The van der Waals surface area contributed by atoms with E-state index in [4.69, 9.17) is 16.0 Å². The van der Waals surface area contributed by atoms with Crippen molar-refractivity contribution in [1.29, 1.82) is 0 Å². The van der Waals surface area contributed by atoms with Crippen molar-refractivity contribution in [2.75, 3.05) is 12.4 Å². The number of nitrogens with one attached hydrogen (secondary N) is 2. The summed E-state index contributed by atoms with van der Waals surface area (Å²) in [4.78, 5) is 26.0. The van der Waals surface area contributed by atoms with Gasteiger partial charge < -0.3 is 15.1 Å². The highest BCUT2D eigenvalue weighted by Gasteiger charge is 2.21. The second-order valence-corrected chi connectivity index (χ2v) is 8.25. The number of hydrogen-bond acceptors (Lipinski definition) is 4. The molecular weight excluding hydrogens is 432 g/mol. The Bertz CT molecular complexity index is 1250. The maximum Gasteiger partial charge on any atom is 0.291 e. The first kappa shape index (κ1) is 21.0. The van der Waals surface area contributed by atoms with Gasteiger partial charge in [0.25, 0.3) is 11.8 Å². The second kappa shape index (κ2) is 9.29. The summed E-state index contributed by atoms with van der Waals surface area (Å²) in [6, 6.07) is 21.9. The van der Waals surface area contributed by atoms with Crippen LogP contribution in [0.2, 0.25) is 5.02 Å². The summed E-state index contributed by atoms with van der Waals surface area (Å²) in [5.41, 5.74) is 2.44. The van der Waals surface area contributed by atoms with E-state index in [-0.39, 0.29) is 17.6 Å². The van der Waals surface area contributed by atoms with Crippen LogP contribution in [0.4, 0.5) is 5.69 Å². The predicted octanol–water partition coefficient (Wildman–Crippen LogP) is 5.99. The molecule has 0 aliphatic rings. The van der Waals surface area contributed by atoms with Gasteiger partial charge in [0.15, 0.2) is 5.76 Å². The molecule has 0 saturated carbocycles. The number of anilines is 1. The topological polar surface area (TPSA) is 71.3 Å². The summed E-state index contributed by atoms with van der Waals surface area (Å²) >= 11 is 7.57. The minimum atomic E-state index is -0.364. The van der Waals surface area contributed by atoms with Crippen LogP contribution in [-0.2, 0) is 5.75 Å². The van der Waals surface area contributed by atoms with Gasteiger partial charge in [-0.3, -0.25) is 9.59 Å². The molecule has 0 saturated heterocycles. The lowest BCUT2D eigenvalue weighted by Gasteiger charge is -2.07. The van der Waals surface area contributed by atoms with Crippen molar-refractivity contribution in [3.63, 3.8) is 0 Å². The van der Waals surface area contributed by atoms with Crippen molar-refractivity contribution in [3.8, 4) is 0 Å². The number of amides is 2. The fraction of sp³-hybridized carbons (Fsp3) is 0.0833. The molecule has 7 heteroatoms. The van der Waals surface area contributed by atoms with Crippen molar-refractivity contribution in [2.24, 2.45) is 0 Å². The summed E-state index contributed by atoms with van der Waals surface area (Å²) < 4.78 is 5.91. The maximum atomic E-state index is 13.1. The van der Waals surface area contributed by atoms with Gasteiger partial charge in [0.1, 0.15) is 5.58 Å². The monoisotopic (exact) mass is 450 g/mol. The molecule has 1 heterocycles. The number of benzene rings is 3. The van der Waals surface area contributed by atoms with E-state index in [1.54, 1.807) is 43.1 Å². The Balaban J connectivity index is 1.62. The average molecular weight is 451 g/mol. The number of halogens is 1. The highest BCUT2D eigenvalue weighted by atomic mass is 35.5. The summed E-state index contributed by atoms with van der Waals surface area (Å²) in [6.45, 7) is 0. The molecule has 0 aliphatic heterocycles. The minimum Gasteiger partial charge on any atom is -0.451 e. The SMILES string of the molecule is CNC(=O)c1cccc(NC(=O)c2oc3ccccc3c2CSc2ccc(Cl)cc2)c1. The predicted molar refractivity (Wildman–Crippen MR) is 125 cm³/mol. The molecule has 156 valence electrons. The molecule has 0 radical (unpaired) electrons. The Morgan fingerprint density at radius 1 is 0.968 bits per heavy atom. The van der Waals surface area contributed by atoms with E-state index in [1.807, 2.05) is 48.5 Å². The van der Waals surface area contributed by atoms with Crippen molar-refractivity contribution < 1.29 is 14.0 Å². The molecule has 2 N–H and O–H groups in total. The van der Waals surface area contributed by atoms with E-state index < -0.39 is 0 Å². The van der Waals surface area contributed by atoms with Crippen LogP contribution in [-0.4, -0.2) is 18.9 Å². The third-order valence-corrected chi connectivity index (χ3v) is 6.00. The van der Waals surface area contributed by atoms with Gasteiger partial charge >= 0.3 is 0 Å². The van der Waals surface area contributed by atoms with Crippen LogP contribution in [0.25, 0.3) is 11.0 Å². The van der Waals surface area contributed by atoms with Gasteiger partial charge in [-0.15, -0.1) is 11.8 Å². The highest BCUT2D eigenvalue weighted by molar-refractivity contribution is 7.98. The van der Waals surface area contributed by atoms with Crippen LogP contribution in [0.3, 0.4) is 0 Å². The Kier molecular flexibility index (Phi) is 6.30. The summed E-state index contributed by atoms with van der Waals surface area (Å²) in [5.74, 6) is 0.226. The van der Waals surface area contributed by atoms with E-state index in [9.17, 15) is 9.59 Å². The lowest BCUT2D eigenvalue weighted by molar-refractivity contribution is 0.0960. The Labute approximate surface area is 188 Å². The number of para-hydroxylation sites is 1. The normalized spacial score (nSPS) is 10.8. The number of fused-ring (bicyclic) bond motifs is 1. The lowest BCUT2D eigenvalue weighted by atomic mass is 10.1. The smallest absolute Gasteiger partial charge is 0.291 e. The average Bonchev–Trinajstić information content (AvgIpc) is 3.17. The van der Waals surface area contributed by atoms with Crippen molar-refractivity contribution in [3.05, 3.63) is 94.7 Å². The first-order valence-electron chi connectivity index (χ1n) is 9.57. The van der Waals surface area contributed by atoms with Gasteiger partial charge in [-0.1, -0.05) is 35.9 Å². The number of hydrogen-bond donors (Lipinski definition) is 2. The molecule has 4 aromatic rings. The lowest BCUT2D eigenvalue weighted by Crippen LogP contribution is -2.18. The molecular formula is C24H19ClN2O3S. The standard InChI is InChI=1S/C24H19ClN2O3S/c1-26-23(28)15-5-4-6-17(13-15)27-24(29)22-20(19-7-2-3-8-21(19)30-22)14-31-18-11-9-16(25)10-12-18/h2-13H,14H2,1H3,(H,26,28)(H,27,29). The third-order valence-electron chi connectivity index (χ3n) is 4.71. The van der Waals surface area contributed by atoms with E-state index in [0.717, 1.165) is 15.8 Å². The minimum absolute atomic E-state index is 0.222. The Morgan fingerprint density at radius 3 is 2.52 bits per heavy atom. The molecule has 0 aliphatic carbocycles. The number of thioether (sulfide) groups is 1. The van der Waals surface area contributed by atoms with E-state index in [1.165, 1.54) is 0 Å². The van der Waals surface area contributed by atoms with Crippen molar-refractivity contribution >= 4 is 51.8 Å². The summed E-state index contributed by atoms with van der Waals surface area (Å²) in [5, 5.41) is 6.99. The Morgan fingerprint density at radius 2 is 1.74 bits per heavy atom. The molecule has 3 aromatic carbocycles. The zero-order valence-corrected chi connectivity index (χ0v) is 18.2. The van der Waals surface area contributed by atoms with Gasteiger partial charge in [0.2, 0.25) is 0 Å². The molecule has 5 nitrogen and oxygen atoms in total. The molecule has 0 spiro atoms. The first-order valence-corrected chi connectivity index (χ1v) is 10.9. The van der Waals surface area contributed by atoms with Crippen LogP contribution in [0.1, 0.15) is 26.5 Å². The van der Waals surface area contributed by atoms with Crippen molar-refractivity contribution in [1.82, 2.24) is 5.32 Å². The van der Waals surface area contributed by atoms with Crippen molar-refractivity contribution in [2.45, 2.75) is 10.6 Å². The molecule has 2 amide bonds. The van der Waals surface area contributed by atoms with Gasteiger partial charge in [0.05, 0.1) is 0 Å². The van der Waals surface area contributed by atoms with Gasteiger partial charge in [-0.2, -0.15) is 0 Å². The highest BCUT2D eigenvalue weighted by Crippen LogP contribution is 2.33. The largest absolute Gasteiger partial charge is 0.451 e. The van der Waals surface area contributed by atoms with E-state index in [0.29, 0.717) is 27.6 Å². The number of furan rings is 1. The molecule has 0 unspecified atom stereocenters. The quantitative estimate of drug-likeness (QED) is 0.354. The first-order chi connectivity index (χ1) is 15.0. The zero-order chi connectivity index (χ0) is 21.8. The molecule has 0 bridgehead atoms. The van der Waals surface area contributed by atoms with Crippen LogP contribution >= 0.6 is 23.4 Å². The van der Waals surface area contributed by atoms with Crippen LogP contribution < -0.4 is 10.6 Å². The van der Waals surface area contributed by atoms with Gasteiger partial charge in [0, 0.05) is 44.9 Å². The van der Waals surface area contributed by atoms with E-state index in [2.05, 4.69) is 10.6 Å². The van der Waals surface area contributed by atoms with Crippen LogP contribution in [0.15, 0.2) is 82.1 Å². The molecule has 0 atom stereocenters. The number of rotatable bonds is 6. The van der Waals surface area contributed by atoms with Gasteiger partial charge in [-0.05, 0) is 48.5 Å². The molecule has 31 heavy (non-hydrogen) atoms. The second-order valence-electron chi connectivity index (χ2n) is 6.76. The number of carbonyl (C=O) groups is 2. The molecule has 1 aromatic heterocycles. The fourth-order valence-electron chi connectivity index (χ4n) is 3.18.